The Morgan fingerprint density at radius 3 is 2.86 bits per heavy atom. The van der Waals surface area contributed by atoms with Crippen molar-refractivity contribution >= 4 is 50.7 Å². The highest BCUT2D eigenvalue weighted by atomic mass is 35.5. The Labute approximate surface area is 136 Å². The molecule has 1 saturated carbocycles. The van der Waals surface area contributed by atoms with Gasteiger partial charge in [0, 0.05) is 6.54 Å². The summed E-state index contributed by atoms with van der Waals surface area (Å²) in [6.07, 6.45) is 2.55. The molecule has 1 saturated heterocycles. The Bertz CT molecular complexity index is 682. The van der Waals surface area contributed by atoms with Crippen molar-refractivity contribution in [2.45, 2.75) is 29.6 Å². The van der Waals surface area contributed by atoms with Crippen LogP contribution in [0.1, 0.15) is 30.3 Å². The molecule has 0 bridgehead atoms. The van der Waals surface area contributed by atoms with Crippen LogP contribution in [0.4, 0.5) is 0 Å². The monoisotopic (exact) mass is 340 g/mol. The normalized spacial score (nSPS) is 27.2. The van der Waals surface area contributed by atoms with Gasteiger partial charge in [-0.2, -0.15) is 0 Å². The molecule has 3 nitrogen and oxygen atoms in total. The first-order valence-corrected chi connectivity index (χ1v) is 8.67. The number of fused-ring (bicyclic) bond motifs is 1. The first-order chi connectivity index (χ1) is 10.1. The summed E-state index contributed by atoms with van der Waals surface area (Å²) in [5, 5.41) is 1.03. The second kappa shape index (κ2) is 4.83. The van der Waals surface area contributed by atoms with Gasteiger partial charge in [0.05, 0.1) is 22.2 Å². The van der Waals surface area contributed by atoms with E-state index in [1.165, 1.54) is 4.70 Å². The predicted molar refractivity (Wildman–Crippen MR) is 85.9 cm³/mol. The Morgan fingerprint density at radius 1 is 1.38 bits per heavy atom. The average molecular weight is 341 g/mol. The highest BCUT2D eigenvalue weighted by molar-refractivity contribution is 7.18. The fourth-order valence-electron chi connectivity index (χ4n) is 3.00. The maximum absolute atomic E-state index is 12.6. The molecule has 4 rings (SSSR count). The fourth-order valence-corrected chi connectivity index (χ4v) is 4.61. The summed E-state index contributed by atoms with van der Waals surface area (Å²) in [5.41, 5.74) is 1.01. The number of carbonyl (C=O) groups is 1. The van der Waals surface area contributed by atoms with Gasteiger partial charge < -0.3 is 4.90 Å². The molecule has 2 unspecified atom stereocenters. The van der Waals surface area contributed by atoms with E-state index in [1.807, 2.05) is 23.1 Å². The Morgan fingerprint density at radius 2 is 2.14 bits per heavy atom. The van der Waals surface area contributed by atoms with E-state index in [9.17, 15) is 4.79 Å². The van der Waals surface area contributed by atoms with Crippen LogP contribution in [0.15, 0.2) is 24.3 Å². The van der Waals surface area contributed by atoms with Crippen molar-refractivity contribution in [3.8, 4) is 0 Å². The van der Waals surface area contributed by atoms with Crippen LogP contribution in [0.25, 0.3) is 10.2 Å². The highest BCUT2D eigenvalue weighted by Gasteiger charge is 2.58. The second-order valence-electron chi connectivity index (χ2n) is 5.73. The zero-order chi connectivity index (χ0) is 14.6. The van der Waals surface area contributed by atoms with Crippen molar-refractivity contribution in [1.82, 2.24) is 9.88 Å². The number of alkyl halides is 2. The molecule has 0 spiro atoms. The number of carbonyl (C=O) groups excluding carboxylic acids is 1. The Balaban J connectivity index is 1.63. The highest BCUT2D eigenvalue weighted by Crippen LogP contribution is 2.55. The van der Waals surface area contributed by atoms with Crippen molar-refractivity contribution in [2.75, 3.05) is 6.54 Å². The van der Waals surface area contributed by atoms with Crippen LogP contribution in [-0.2, 0) is 4.79 Å². The van der Waals surface area contributed by atoms with E-state index in [-0.39, 0.29) is 17.9 Å². The number of hydrogen-bond acceptors (Lipinski definition) is 3. The van der Waals surface area contributed by atoms with Gasteiger partial charge in [0.15, 0.2) is 0 Å². The van der Waals surface area contributed by atoms with Crippen LogP contribution < -0.4 is 0 Å². The molecule has 21 heavy (non-hydrogen) atoms. The molecule has 1 aromatic heterocycles. The van der Waals surface area contributed by atoms with Crippen LogP contribution in [0.2, 0.25) is 0 Å². The van der Waals surface area contributed by atoms with Crippen LogP contribution in [0.3, 0.4) is 0 Å². The van der Waals surface area contributed by atoms with E-state index in [0.29, 0.717) is 6.42 Å². The van der Waals surface area contributed by atoms with Gasteiger partial charge >= 0.3 is 0 Å². The number of halogens is 2. The summed E-state index contributed by atoms with van der Waals surface area (Å²) < 4.78 is 0.319. The van der Waals surface area contributed by atoms with E-state index >= 15 is 0 Å². The van der Waals surface area contributed by atoms with E-state index < -0.39 is 4.33 Å². The van der Waals surface area contributed by atoms with Crippen LogP contribution in [0, 0.1) is 5.92 Å². The molecule has 1 aliphatic heterocycles. The molecule has 2 fully saturated rings. The van der Waals surface area contributed by atoms with Gasteiger partial charge in [-0.1, -0.05) is 12.1 Å². The first kappa shape index (κ1) is 13.8. The molecule has 0 N–H and O–H groups in total. The van der Waals surface area contributed by atoms with E-state index in [4.69, 9.17) is 28.2 Å². The molecule has 2 aromatic rings. The van der Waals surface area contributed by atoms with Gasteiger partial charge in [-0.25, -0.2) is 4.98 Å². The van der Waals surface area contributed by atoms with Gasteiger partial charge in [0.1, 0.15) is 9.34 Å². The summed E-state index contributed by atoms with van der Waals surface area (Å²) in [5.74, 6) is -0.155. The Hall–Kier alpha value is -0.840. The third-order valence-electron chi connectivity index (χ3n) is 4.26. The smallest absolute Gasteiger partial charge is 0.229 e. The Kier molecular flexibility index (Phi) is 3.18. The lowest BCUT2D eigenvalue weighted by molar-refractivity contribution is -0.133. The van der Waals surface area contributed by atoms with E-state index in [1.54, 1.807) is 11.3 Å². The van der Waals surface area contributed by atoms with Gasteiger partial charge in [-0.15, -0.1) is 34.5 Å². The van der Waals surface area contributed by atoms with Crippen molar-refractivity contribution in [3.05, 3.63) is 29.3 Å². The van der Waals surface area contributed by atoms with Crippen LogP contribution in [-0.4, -0.2) is 26.7 Å². The number of amides is 1. The van der Waals surface area contributed by atoms with Crippen molar-refractivity contribution < 1.29 is 4.79 Å². The quantitative estimate of drug-likeness (QED) is 0.769. The lowest BCUT2D eigenvalue weighted by Crippen LogP contribution is -2.33. The number of likely N-dealkylation sites (tertiary alicyclic amines) is 1. The summed E-state index contributed by atoms with van der Waals surface area (Å²) >= 11 is 13.8. The maximum Gasteiger partial charge on any atom is 0.229 e. The number of rotatable bonds is 2. The molecule has 6 heteroatoms. The fraction of sp³-hybridized carbons (Fsp3) is 0.467. The van der Waals surface area contributed by atoms with Gasteiger partial charge in [-0.3, -0.25) is 4.79 Å². The van der Waals surface area contributed by atoms with Crippen molar-refractivity contribution in [3.63, 3.8) is 0 Å². The van der Waals surface area contributed by atoms with Gasteiger partial charge in [-0.05, 0) is 31.4 Å². The topological polar surface area (TPSA) is 33.2 Å². The minimum absolute atomic E-state index is 0.0830. The molecule has 2 heterocycles. The SMILES string of the molecule is O=C(C1CC1(Cl)Cl)N1CCCC1c1nc2ccccc2s1. The molecular weight excluding hydrogens is 327 g/mol. The summed E-state index contributed by atoms with van der Waals surface area (Å²) in [4.78, 5) is 19.2. The standard InChI is InChI=1S/C15H14Cl2N2OS/c16-15(17)8-9(15)14(20)19-7-3-5-11(19)13-18-10-4-1-2-6-12(10)21-13/h1-2,4,6,9,11H,3,5,7-8H2. The zero-order valence-electron chi connectivity index (χ0n) is 11.3. The third kappa shape index (κ3) is 2.33. The number of aromatic nitrogens is 1. The molecule has 0 radical (unpaired) electrons. The summed E-state index contributed by atoms with van der Waals surface area (Å²) in [7, 11) is 0. The minimum Gasteiger partial charge on any atom is -0.333 e. The molecule has 2 atom stereocenters. The number of nitrogens with zero attached hydrogens (tertiary/aromatic N) is 2. The first-order valence-electron chi connectivity index (χ1n) is 7.10. The third-order valence-corrected chi connectivity index (χ3v) is 6.23. The number of thiazole rings is 1. The zero-order valence-corrected chi connectivity index (χ0v) is 13.6. The largest absolute Gasteiger partial charge is 0.333 e. The van der Waals surface area contributed by atoms with Gasteiger partial charge in [0.2, 0.25) is 5.91 Å². The average Bonchev–Trinajstić information content (AvgIpc) is 2.90. The lowest BCUT2D eigenvalue weighted by Gasteiger charge is -2.23. The molecule has 1 amide bonds. The van der Waals surface area contributed by atoms with Crippen molar-refractivity contribution in [1.29, 1.82) is 0 Å². The van der Waals surface area contributed by atoms with E-state index in [2.05, 4.69) is 6.07 Å². The van der Waals surface area contributed by atoms with Crippen LogP contribution >= 0.6 is 34.5 Å². The maximum atomic E-state index is 12.6. The predicted octanol–water partition coefficient (Wildman–Crippen LogP) is 4.15. The van der Waals surface area contributed by atoms with Gasteiger partial charge in [0.25, 0.3) is 0 Å². The molecule has 1 aliphatic carbocycles. The number of hydrogen-bond donors (Lipinski definition) is 0. The molecule has 110 valence electrons. The minimum atomic E-state index is -0.849. The molecule has 2 aliphatic rings. The second-order valence-corrected chi connectivity index (χ2v) is 8.33. The van der Waals surface area contributed by atoms with E-state index in [0.717, 1.165) is 29.9 Å². The molecule has 1 aromatic carbocycles. The van der Waals surface area contributed by atoms with Crippen molar-refractivity contribution in [2.24, 2.45) is 5.92 Å². The molecular formula is C15H14Cl2N2OS. The lowest BCUT2D eigenvalue weighted by atomic mass is 10.2. The summed E-state index contributed by atoms with van der Waals surface area (Å²) in [6, 6.07) is 8.17. The number of benzene rings is 1. The van der Waals surface area contributed by atoms with Crippen LogP contribution in [0.5, 0.6) is 0 Å². The number of para-hydroxylation sites is 1. The summed E-state index contributed by atoms with van der Waals surface area (Å²) in [6.45, 7) is 0.778.